The van der Waals surface area contributed by atoms with Gasteiger partial charge in [0.05, 0.1) is 14.2 Å². The van der Waals surface area contributed by atoms with Crippen molar-refractivity contribution in [3.05, 3.63) is 44.5 Å². The lowest BCUT2D eigenvalue weighted by atomic mass is 9.99. The van der Waals surface area contributed by atoms with Crippen molar-refractivity contribution in [2.24, 2.45) is 0 Å². The van der Waals surface area contributed by atoms with Gasteiger partial charge < -0.3 is 9.47 Å². The van der Waals surface area contributed by atoms with Crippen molar-refractivity contribution in [1.29, 1.82) is 0 Å². The maximum atomic E-state index is 5.63. The van der Waals surface area contributed by atoms with Gasteiger partial charge in [-0.2, -0.15) is 0 Å². The second kappa shape index (κ2) is 7.33. The molecule has 2 aromatic carbocycles. The first-order valence-corrected chi connectivity index (χ1v) is 9.45. The van der Waals surface area contributed by atoms with Gasteiger partial charge in [0.15, 0.2) is 0 Å². The second-order valence-corrected chi connectivity index (χ2v) is 7.85. The summed E-state index contributed by atoms with van der Waals surface area (Å²) in [5.41, 5.74) is 10.1. The number of rotatable bonds is 4. The van der Waals surface area contributed by atoms with Gasteiger partial charge >= 0.3 is 0 Å². The van der Waals surface area contributed by atoms with E-state index < -0.39 is 0 Å². The molecule has 0 unspecified atom stereocenters. The highest BCUT2D eigenvalue weighted by atomic mass is 32.2. The summed E-state index contributed by atoms with van der Waals surface area (Å²) in [7, 11) is 3.51. The smallest absolute Gasteiger partial charge is 0.125 e. The molecule has 0 bridgehead atoms. The predicted octanol–water partition coefficient (Wildman–Crippen LogP) is 6.32. The van der Waals surface area contributed by atoms with Crippen molar-refractivity contribution in [1.82, 2.24) is 0 Å². The third-order valence-electron chi connectivity index (χ3n) is 5.59. The summed E-state index contributed by atoms with van der Waals surface area (Å²) in [5, 5.41) is 0. The Bertz CT molecular complexity index is 707. The molecule has 25 heavy (non-hydrogen) atoms. The largest absolute Gasteiger partial charge is 0.496 e. The summed E-state index contributed by atoms with van der Waals surface area (Å²) >= 11 is 1.88. The Morgan fingerprint density at radius 2 is 0.680 bits per heavy atom. The van der Waals surface area contributed by atoms with Crippen LogP contribution in [0.4, 0.5) is 0 Å². The van der Waals surface area contributed by atoms with Crippen LogP contribution in [0.3, 0.4) is 0 Å². The fraction of sp³-hybridized carbons (Fsp3) is 0.455. The molecular weight excluding hydrogens is 328 g/mol. The van der Waals surface area contributed by atoms with Crippen molar-refractivity contribution in [3.63, 3.8) is 0 Å². The first kappa shape index (κ1) is 19.7. The van der Waals surface area contributed by atoms with Crippen LogP contribution >= 0.6 is 11.8 Å². The zero-order chi connectivity index (χ0) is 19.0. The van der Waals surface area contributed by atoms with Gasteiger partial charge in [0.25, 0.3) is 0 Å². The molecule has 0 fully saturated rings. The zero-order valence-electron chi connectivity index (χ0n) is 17.2. The molecule has 136 valence electrons. The molecule has 2 nitrogen and oxygen atoms in total. The zero-order valence-corrected chi connectivity index (χ0v) is 18.0. The first-order valence-electron chi connectivity index (χ1n) is 8.63. The van der Waals surface area contributed by atoms with E-state index in [1.54, 1.807) is 14.2 Å². The average Bonchev–Trinajstić information content (AvgIpc) is 2.59. The molecule has 0 heterocycles. The van der Waals surface area contributed by atoms with Gasteiger partial charge in [-0.25, -0.2) is 0 Å². The van der Waals surface area contributed by atoms with E-state index in [4.69, 9.17) is 9.47 Å². The Morgan fingerprint density at radius 3 is 0.880 bits per heavy atom. The van der Waals surface area contributed by atoms with Gasteiger partial charge in [-0.3, -0.25) is 0 Å². The fourth-order valence-electron chi connectivity index (χ4n) is 3.51. The van der Waals surface area contributed by atoms with Crippen LogP contribution in [0.1, 0.15) is 44.5 Å². The summed E-state index contributed by atoms with van der Waals surface area (Å²) < 4.78 is 11.3. The van der Waals surface area contributed by atoms with Crippen LogP contribution in [0.5, 0.6) is 11.5 Å². The third-order valence-corrected chi connectivity index (χ3v) is 7.22. The summed E-state index contributed by atoms with van der Waals surface area (Å²) in [6, 6.07) is 0. The Kier molecular flexibility index (Phi) is 5.78. The molecule has 0 aliphatic rings. The summed E-state index contributed by atoms with van der Waals surface area (Å²) in [4.78, 5) is 2.68. The molecule has 0 saturated carbocycles. The fourth-order valence-corrected chi connectivity index (χ4v) is 4.94. The standard InChI is InChI=1S/C22H30O2S/c1-11-15(5)21(16(6)12(2)19(11)23-9)25-22-17(7)13(3)20(24-10)14(4)18(22)8/h1-10H3. The molecule has 0 radical (unpaired) electrons. The quantitative estimate of drug-likeness (QED) is 0.637. The van der Waals surface area contributed by atoms with Gasteiger partial charge in [-0.05, 0) is 99.9 Å². The Balaban J connectivity index is 2.70. The van der Waals surface area contributed by atoms with Crippen LogP contribution < -0.4 is 9.47 Å². The summed E-state index contributed by atoms with van der Waals surface area (Å²) in [5.74, 6) is 2.02. The van der Waals surface area contributed by atoms with Gasteiger partial charge in [-0.15, -0.1) is 0 Å². The van der Waals surface area contributed by atoms with Crippen molar-refractivity contribution >= 4 is 11.8 Å². The predicted molar refractivity (Wildman–Crippen MR) is 108 cm³/mol. The number of benzene rings is 2. The Morgan fingerprint density at radius 1 is 0.440 bits per heavy atom. The molecule has 0 amide bonds. The minimum Gasteiger partial charge on any atom is -0.496 e. The van der Waals surface area contributed by atoms with Crippen molar-refractivity contribution in [2.75, 3.05) is 14.2 Å². The van der Waals surface area contributed by atoms with Crippen molar-refractivity contribution in [3.8, 4) is 11.5 Å². The number of methoxy groups -OCH3 is 2. The lowest BCUT2D eigenvalue weighted by Gasteiger charge is -2.23. The molecule has 0 aliphatic carbocycles. The molecule has 0 spiro atoms. The molecule has 3 heteroatoms. The van der Waals surface area contributed by atoms with Crippen LogP contribution in [0.15, 0.2) is 9.79 Å². The number of ether oxygens (including phenoxy) is 2. The highest BCUT2D eigenvalue weighted by molar-refractivity contribution is 7.99. The van der Waals surface area contributed by atoms with Crippen molar-refractivity contribution in [2.45, 2.75) is 65.2 Å². The maximum absolute atomic E-state index is 5.63. The summed E-state index contributed by atoms with van der Waals surface area (Å²) in [6.45, 7) is 17.4. The highest BCUT2D eigenvalue weighted by Gasteiger charge is 2.20. The molecule has 2 rings (SSSR count). The molecule has 0 N–H and O–H groups in total. The van der Waals surface area contributed by atoms with Gasteiger partial charge in [-0.1, -0.05) is 11.8 Å². The Labute approximate surface area is 156 Å². The normalized spacial score (nSPS) is 11.0. The minimum absolute atomic E-state index is 1.01. The van der Waals surface area contributed by atoms with E-state index in [0.717, 1.165) is 11.5 Å². The third kappa shape index (κ3) is 3.15. The van der Waals surface area contributed by atoms with E-state index in [0.29, 0.717) is 0 Å². The van der Waals surface area contributed by atoms with Gasteiger partial charge in [0.2, 0.25) is 0 Å². The number of hydrogen-bond acceptors (Lipinski definition) is 3. The maximum Gasteiger partial charge on any atom is 0.125 e. The minimum atomic E-state index is 1.01. The first-order chi connectivity index (χ1) is 11.7. The molecular formula is C22H30O2S. The van der Waals surface area contributed by atoms with E-state index in [1.807, 2.05) is 11.8 Å². The molecule has 0 aliphatic heterocycles. The number of hydrogen-bond donors (Lipinski definition) is 0. The monoisotopic (exact) mass is 358 g/mol. The second-order valence-electron chi connectivity index (χ2n) is 6.83. The van der Waals surface area contributed by atoms with E-state index >= 15 is 0 Å². The van der Waals surface area contributed by atoms with E-state index in [2.05, 4.69) is 55.4 Å². The average molecular weight is 359 g/mol. The lowest BCUT2D eigenvalue weighted by molar-refractivity contribution is 0.407. The van der Waals surface area contributed by atoms with E-state index in [9.17, 15) is 0 Å². The molecule has 0 saturated heterocycles. The summed E-state index contributed by atoms with van der Waals surface area (Å²) in [6.07, 6.45) is 0. The Hall–Kier alpha value is -1.61. The van der Waals surface area contributed by atoms with Crippen LogP contribution in [0.2, 0.25) is 0 Å². The van der Waals surface area contributed by atoms with Gasteiger partial charge in [0, 0.05) is 9.79 Å². The highest BCUT2D eigenvalue weighted by Crippen LogP contribution is 2.45. The van der Waals surface area contributed by atoms with Crippen LogP contribution in [-0.2, 0) is 0 Å². The van der Waals surface area contributed by atoms with Crippen molar-refractivity contribution < 1.29 is 9.47 Å². The molecule has 2 aromatic rings. The van der Waals surface area contributed by atoms with E-state index in [1.165, 1.54) is 54.3 Å². The topological polar surface area (TPSA) is 18.5 Å². The SMILES string of the molecule is COc1c(C)c(C)c(Sc2c(C)c(C)c(OC)c(C)c2C)c(C)c1C. The van der Waals surface area contributed by atoms with E-state index in [-0.39, 0.29) is 0 Å². The van der Waals surface area contributed by atoms with Crippen LogP contribution in [0.25, 0.3) is 0 Å². The lowest BCUT2D eigenvalue weighted by Crippen LogP contribution is -2.02. The molecule has 0 aromatic heterocycles. The van der Waals surface area contributed by atoms with Crippen LogP contribution in [-0.4, -0.2) is 14.2 Å². The molecule has 0 atom stereocenters. The van der Waals surface area contributed by atoms with Gasteiger partial charge in [0.1, 0.15) is 11.5 Å². The van der Waals surface area contributed by atoms with Crippen LogP contribution in [0, 0.1) is 55.4 Å².